The first kappa shape index (κ1) is 40.7. The van der Waals surface area contributed by atoms with Crippen LogP contribution in [0.4, 0.5) is 4.39 Å². The third-order valence-electron chi connectivity index (χ3n) is 10.4. The minimum absolute atomic E-state index is 0. The molecular formula is C51H46FIrN3OSi-2. The molecule has 0 aliphatic carbocycles. The Morgan fingerprint density at radius 1 is 0.759 bits per heavy atom. The Labute approximate surface area is 355 Å². The summed E-state index contributed by atoms with van der Waals surface area (Å²) in [6.07, 6.45) is 3.24. The van der Waals surface area contributed by atoms with Crippen LogP contribution in [0.1, 0.15) is 30.5 Å². The molecule has 9 rings (SSSR count). The number of pyridine rings is 1. The zero-order chi connectivity index (χ0) is 39.8. The van der Waals surface area contributed by atoms with Crippen LogP contribution >= 0.6 is 0 Å². The van der Waals surface area contributed by atoms with Gasteiger partial charge in [0, 0.05) is 37.4 Å². The molecule has 293 valence electrons. The standard InChI is InChI=1S/C33H22FN2O.C18H24NSi.Ir/c1-20-18-23(22-14-16-24(34)17-15-22)19-21(2)31(20)36-29-12-5-4-11-28(29)35-33(36)27-10-7-9-26-25-8-3-6-13-30(25)37-32(26)27;1-14(2)11-16-12-17(15-9-7-6-8-10-15)19-13-18(16)20(3,4)5;/h3-9,11-19H,1-2H3;6-9,12-14H,11H2,1-5H3;/q2*-1;. The molecule has 9 aromatic rings. The number of hydrogen-bond acceptors (Lipinski definition) is 3. The van der Waals surface area contributed by atoms with Crippen LogP contribution in [0.2, 0.25) is 19.6 Å². The molecule has 0 atom stereocenters. The first-order chi connectivity index (χ1) is 27.5. The summed E-state index contributed by atoms with van der Waals surface area (Å²) in [6.45, 7) is 16.0. The van der Waals surface area contributed by atoms with E-state index in [1.54, 1.807) is 0 Å². The van der Waals surface area contributed by atoms with Crippen molar-refractivity contribution in [2.45, 2.75) is 53.8 Å². The van der Waals surface area contributed by atoms with Gasteiger partial charge in [0.05, 0.1) is 30.5 Å². The fraction of sp³-hybridized carbons (Fsp3) is 0.176. The van der Waals surface area contributed by atoms with Crippen LogP contribution in [-0.2, 0) is 26.5 Å². The van der Waals surface area contributed by atoms with Crippen molar-refractivity contribution >= 4 is 46.2 Å². The molecule has 6 aromatic carbocycles. The largest absolute Gasteiger partial charge is 0.501 e. The van der Waals surface area contributed by atoms with E-state index in [9.17, 15) is 4.39 Å². The van der Waals surface area contributed by atoms with Gasteiger partial charge in [0.1, 0.15) is 11.4 Å². The summed E-state index contributed by atoms with van der Waals surface area (Å²) in [5, 5.41) is 3.61. The molecule has 0 aliphatic heterocycles. The second-order valence-corrected chi connectivity index (χ2v) is 21.3. The maximum Gasteiger partial charge on any atom is 0.123 e. The van der Waals surface area contributed by atoms with E-state index in [0.29, 0.717) is 5.92 Å². The number of aryl methyl sites for hydroxylation is 2. The van der Waals surface area contributed by atoms with Gasteiger partial charge in [-0.3, -0.25) is 4.98 Å². The van der Waals surface area contributed by atoms with E-state index < -0.39 is 8.07 Å². The van der Waals surface area contributed by atoms with Gasteiger partial charge in [-0.15, -0.1) is 54.1 Å². The molecular weight excluding hydrogens is 910 g/mol. The van der Waals surface area contributed by atoms with Crippen LogP contribution in [0.25, 0.3) is 72.4 Å². The van der Waals surface area contributed by atoms with E-state index >= 15 is 0 Å². The van der Waals surface area contributed by atoms with E-state index in [1.165, 1.54) is 22.9 Å². The third-order valence-corrected chi connectivity index (χ3v) is 12.5. The van der Waals surface area contributed by atoms with Crippen molar-refractivity contribution in [2.24, 2.45) is 5.92 Å². The predicted molar refractivity (Wildman–Crippen MR) is 238 cm³/mol. The molecule has 0 saturated heterocycles. The summed E-state index contributed by atoms with van der Waals surface area (Å²) in [6, 6.07) is 48.2. The number of aromatic nitrogens is 3. The number of furan rings is 1. The normalized spacial score (nSPS) is 11.5. The summed E-state index contributed by atoms with van der Waals surface area (Å²) < 4.78 is 22.1. The maximum absolute atomic E-state index is 13.5. The molecule has 0 unspecified atom stereocenters. The smallest absolute Gasteiger partial charge is 0.123 e. The SMILES string of the molecule is CC(C)Cc1cc(-c2[c-]cccc2)ncc1[Si](C)(C)C.Cc1cc(-c2ccc(F)cc2)cc(C)c1-n1c(-c2[c-]ccc3c2oc2ccccc23)nc2ccccc21.[Ir]. The third kappa shape index (κ3) is 8.13. The Bertz CT molecular complexity index is 2850. The average Bonchev–Trinajstić information content (AvgIpc) is 3.77. The molecule has 58 heavy (non-hydrogen) atoms. The molecule has 0 saturated carbocycles. The molecule has 1 radical (unpaired) electrons. The summed E-state index contributed by atoms with van der Waals surface area (Å²) >= 11 is 0. The summed E-state index contributed by atoms with van der Waals surface area (Å²) in [4.78, 5) is 9.77. The Kier molecular flexibility index (Phi) is 11.8. The molecule has 0 amide bonds. The van der Waals surface area contributed by atoms with Crippen molar-refractivity contribution in [2.75, 3.05) is 0 Å². The number of para-hydroxylation sites is 3. The van der Waals surface area contributed by atoms with Crippen LogP contribution < -0.4 is 5.19 Å². The predicted octanol–water partition coefficient (Wildman–Crippen LogP) is 13.1. The molecule has 4 nitrogen and oxygen atoms in total. The second-order valence-electron chi connectivity index (χ2n) is 16.3. The number of halogens is 1. The number of nitrogens with zero attached hydrogens (tertiary/aromatic N) is 3. The van der Waals surface area contributed by atoms with E-state index in [0.717, 1.165) is 90.0 Å². The quantitative estimate of drug-likeness (QED) is 0.118. The summed E-state index contributed by atoms with van der Waals surface area (Å²) in [5.74, 6) is 1.21. The number of fused-ring (bicyclic) bond motifs is 4. The van der Waals surface area contributed by atoms with Crippen molar-refractivity contribution in [1.29, 1.82) is 0 Å². The van der Waals surface area contributed by atoms with E-state index in [4.69, 9.17) is 9.40 Å². The Hall–Kier alpha value is -5.46. The Morgan fingerprint density at radius 3 is 2.17 bits per heavy atom. The van der Waals surface area contributed by atoms with Gasteiger partial charge in [0.2, 0.25) is 0 Å². The van der Waals surface area contributed by atoms with Crippen LogP contribution in [0.15, 0.2) is 138 Å². The monoisotopic (exact) mass is 956 g/mol. The van der Waals surface area contributed by atoms with E-state index in [1.807, 2.05) is 78.9 Å². The minimum atomic E-state index is -1.34. The zero-order valence-corrected chi connectivity index (χ0v) is 37.3. The van der Waals surface area contributed by atoms with Crippen molar-refractivity contribution in [1.82, 2.24) is 14.5 Å². The van der Waals surface area contributed by atoms with Gasteiger partial charge >= 0.3 is 0 Å². The molecule has 0 bridgehead atoms. The fourth-order valence-corrected chi connectivity index (χ4v) is 9.46. The molecule has 0 fully saturated rings. The summed E-state index contributed by atoms with van der Waals surface area (Å²) in [5.41, 5.74) is 13.3. The number of imidazole rings is 1. The van der Waals surface area contributed by atoms with Crippen LogP contribution in [0.3, 0.4) is 0 Å². The summed E-state index contributed by atoms with van der Waals surface area (Å²) in [7, 11) is -1.34. The van der Waals surface area contributed by atoms with Crippen molar-refractivity contribution < 1.29 is 28.9 Å². The minimum Gasteiger partial charge on any atom is -0.501 e. The van der Waals surface area contributed by atoms with Gasteiger partial charge in [-0.2, -0.15) is 0 Å². The van der Waals surface area contributed by atoms with Gasteiger partial charge in [-0.05, 0) is 102 Å². The fourth-order valence-electron chi connectivity index (χ4n) is 7.88. The molecule has 3 aromatic heterocycles. The molecule has 0 spiro atoms. The topological polar surface area (TPSA) is 43.9 Å². The van der Waals surface area contributed by atoms with Crippen LogP contribution in [-0.4, -0.2) is 22.6 Å². The van der Waals surface area contributed by atoms with Gasteiger partial charge in [0.25, 0.3) is 0 Å². The van der Waals surface area contributed by atoms with Crippen LogP contribution in [0, 0.1) is 37.7 Å². The molecule has 0 N–H and O–H groups in total. The van der Waals surface area contributed by atoms with Crippen molar-refractivity contribution in [3.63, 3.8) is 0 Å². The number of hydrogen-bond donors (Lipinski definition) is 0. The number of benzene rings is 6. The first-order valence-corrected chi connectivity index (χ1v) is 23.1. The van der Waals surface area contributed by atoms with E-state index in [2.05, 4.69) is 112 Å². The second kappa shape index (κ2) is 16.8. The van der Waals surface area contributed by atoms with Gasteiger partial charge in [0.15, 0.2) is 0 Å². The number of rotatable bonds is 7. The van der Waals surface area contributed by atoms with Gasteiger partial charge in [-0.25, -0.2) is 4.39 Å². The average molecular weight is 956 g/mol. The molecule has 0 aliphatic rings. The molecule has 7 heteroatoms. The van der Waals surface area contributed by atoms with Crippen molar-refractivity contribution in [3.8, 4) is 39.5 Å². The zero-order valence-electron chi connectivity index (χ0n) is 33.9. The Morgan fingerprint density at radius 2 is 1.47 bits per heavy atom. The molecule has 3 heterocycles. The van der Waals surface area contributed by atoms with Gasteiger partial charge in [-0.1, -0.05) is 98.5 Å². The van der Waals surface area contributed by atoms with Crippen molar-refractivity contribution in [3.05, 3.63) is 168 Å². The van der Waals surface area contributed by atoms with Crippen LogP contribution in [0.5, 0.6) is 0 Å². The first-order valence-electron chi connectivity index (χ1n) is 19.6. The maximum atomic E-state index is 13.5. The van der Waals surface area contributed by atoms with E-state index in [-0.39, 0.29) is 25.9 Å². The Balaban J connectivity index is 0.000000208. The van der Waals surface area contributed by atoms with Gasteiger partial charge < -0.3 is 14.0 Å².